The summed E-state index contributed by atoms with van der Waals surface area (Å²) in [5.41, 5.74) is 26.0. The van der Waals surface area contributed by atoms with Crippen LogP contribution in [0.3, 0.4) is 0 Å². The van der Waals surface area contributed by atoms with Gasteiger partial charge in [-0.15, -0.1) is 0 Å². The molecule has 5 amide bonds. The van der Waals surface area contributed by atoms with Crippen molar-refractivity contribution < 1.29 is 33.4 Å². The van der Waals surface area contributed by atoms with E-state index in [2.05, 4.69) is 31.1 Å². The molecule has 376 valence electrons. The number of methoxy groups -OCH3 is 1. The molecule has 11 N–H and O–H groups in total. The van der Waals surface area contributed by atoms with Crippen molar-refractivity contribution in [1.82, 2.24) is 48.9 Å². The van der Waals surface area contributed by atoms with E-state index in [9.17, 15) is 24.0 Å². The third kappa shape index (κ3) is 12.2. The average molecular weight is 976 g/mol. The first-order valence-electron chi connectivity index (χ1n) is 22.8. The largest absolute Gasteiger partial charge is 0.494 e. The predicted octanol–water partition coefficient (Wildman–Crippen LogP) is 2.44. The molecular formula is C47H61N17O7. The number of nitrogens with zero attached hydrogens (tertiary/aromatic N) is 10. The fraction of sp³-hybridized carbons (Fsp3) is 0.362. The van der Waals surface area contributed by atoms with E-state index in [-0.39, 0.29) is 72.6 Å². The van der Waals surface area contributed by atoms with Crippen molar-refractivity contribution in [3.8, 4) is 11.5 Å². The van der Waals surface area contributed by atoms with Gasteiger partial charge in [0, 0.05) is 57.4 Å². The molecule has 6 aromatic rings. The van der Waals surface area contributed by atoms with Crippen LogP contribution in [0.4, 0.5) is 11.9 Å². The Kier molecular flexibility index (Phi) is 16.9. The third-order valence-electron chi connectivity index (χ3n) is 11.3. The molecule has 71 heavy (non-hydrogen) atoms. The number of anilines is 2. The van der Waals surface area contributed by atoms with E-state index in [1.54, 1.807) is 75.6 Å². The van der Waals surface area contributed by atoms with Crippen LogP contribution < -0.4 is 48.4 Å². The van der Waals surface area contributed by atoms with Crippen LogP contribution in [0.1, 0.15) is 79.8 Å². The van der Waals surface area contributed by atoms with Gasteiger partial charge < -0.3 is 51.8 Å². The van der Waals surface area contributed by atoms with Crippen LogP contribution in [0.2, 0.25) is 0 Å². The van der Waals surface area contributed by atoms with Crippen LogP contribution in [0.15, 0.2) is 65.7 Å². The van der Waals surface area contributed by atoms with E-state index in [1.807, 2.05) is 26.0 Å². The van der Waals surface area contributed by atoms with Crippen LogP contribution in [-0.4, -0.2) is 126 Å². The highest BCUT2D eigenvalue weighted by atomic mass is 16.5. The first kappa shape index (κ1) is 51.8. The zero-order valence-corrected chi connectivity index (χ0v) is 40.9. The van der Waals surface area contributed by atoms with Gasteiger partial charge >= 0.3 is 0 Å². The second-order valence-corrected chi connectivity index (χ2v) is 16.4. The molecule has 1 atom stereocenters. The van der Waals surface area contributed by atoms with Gasteiger partial charge in [-0.2, -0.15) is 10.2 Å². The normalized spacial score (nSPS) is 11.9. The van der Waals surface area contributed by atoms with E-state index in [1.165, 1.54) is 31.4 Å². The molecule has 0 radical (unpaired) electrons. The lowest BCUT2D eigenvalue weighted by Gasteiger charge is -2.22. The Morgan fingerprint density at radius 3 is 1.72 bits per heavy atom. The molecule has 0 aliphatic heterocycles. The second-order valence-electron chi connectivity index (χ2n) is 16.4. The van der Waals surface area contributed by atoms with E-state index in [4.69, 9.17) is 42.4 Å². The standard InChI is InChI=1S/C47H61N17O7/c1-8-63-34(21-27(3)58-63)42(67)56-46-54-32-23-29(40(48)65)25-36(70-7)38(32)61(46)18-10-11-19-62-39-33(55-47(62)57-43(68)35-22-28(4)59-64(35)9-2)24-30(41(49)66)26-37(39)71-20-13-12-17-60(6)44(69)31(52-5)15-14-16-53-45(50)51/h10-13,21-26,31,52H,8-9,14-20H2,1-7H3,(H2,48,65)(H2,49,66)(H4,50,51,53)(H,54,56,67)(H,55,57,68)/b11-10+,13-12+. The summed E-state index contributed by atoms with van der Waals surface area (Å²) < 4.78 is 18.6. The van der Waals surface area contributed by atoms with Gasteiger partial charge in [-0.3, -0.25) is 49.0 Å². The first-order valence-corrected chi connectivity index (χ1v) is 22.8. The quantitative estimate of drug-likeness (QED) is 0.0198. The number of hydrogen-bond acceptors (Lipinski definition) is 13. The number of nitrogens with one attached hydrogen (secondary N) is 3. The number of aromatic nitrogens is 8. The van der Waals surface area contributed by atoms with Gasteiger partial charge in [0.05, 0.1) is 35.6 Å². The van der Waals surface area contributed by atoms with Crippen LogP contribution >= 0.6 is 0 Å². The second kappa shape index (κ2) is 23.2. The summed E-state index contributed by atoms with van der Waals surface area (Å²) in [6.45, 7) is 9.12. The molecule has 4 aromatic heterocycles. The fourth-order valence-corrected chi connectivity index (χ4v) is 7.88. The van der Waals surface area contributed by atoms with Crippen LogP contribution in [0.5, 0.6) is 11.5 Å². The molecule has 0 spiro atoms. The summed E-state index contributed by atoms with van der Waals surface area (Å²) in [6, 6.07) is 8.93. The van der Waals surface area contributed by atoms with Gasteiger partial charge in [0.25, 0.3) is 11.8 Å². The van der Waals surface area contributed by atoms with Crippen LogP contribution in [0, 0.1) is 13.8 Å². The number of hydrogen-bond donors (Lipinski definition) is 7. The number of guanidine groups is 1. The maximum atomic E-state index is 13.9. The number of nitrogens with two attached hydrogens (primary N) is 4. The van der Waals surface area contributed by atoms with Gasteiger partial charge in [-0.05, 0) is 90.1 Å². The van der Waals surface area contributed by atoms with Crippen molar-refractivity contribution in [3.05, 3.63) is 94.6 Å². The highest BCUT2D eigenvalue weighted by molar-refractivity contribution is 6.05. The number of carbonyl (C=O) groups is 5. The minimum absolute atomic E-state index is 0.00354. The number of benzene rings is 2. The van der Waals surface area contributed by atoms with Gasteiger partial charge in [-0.25, -0.2) is 9.97 Å². The molecule has 24 nitrogen and oxygen atoms in total. The number of aryl methyl sites for hydroxylation is 4. The van der Waals surface area contributed by atoms with Crippen molar-refractivity contribution in [1.29, 1.82) is 0 Å². The first-order chi connectivity index (χ1) is 34.0. The monoisotopic (exact) mass is 975 g/mol. The molecule has 0 bridgehead atoms. The number of ether oxygens (including phenoxy) is 2. The number of allylic oxidation sites excluding steroid dienone is 2. The van der Waals surface area contributed by atoms with Crippen LogP contribution in [-0.2, 0) is 31.0 Å². The van der Waals surface area contributed by atoms with Crippen molar-refractivity contribution >= 4 is 69.5 Å². The number of rotatable bonds is 24. The summed E-state index contributed by atoms with van der Waals surface area (Å²) in [4.78, 5) is 80.8. The Morgan fingerprint density at radius 1 is 0.746 bits per heavy atom. The summed E-state index contributed by atoms with van der Waals surface area (Å²) in [5, 5.41) is 17.7. The number of imidazole rings is 2. The van der Waals surface area contributed by atoms with E-state index >= 15 is 0 Å². The molecule has 4 heterocycles. The molecule has 2 aromatic carbocycles. The molecule has 24 heteroatoms. The summed E-state index contributed by atoms with van der Waals surface area (Å²) in [6.07, 6.45) is 8.28. The molecule has 0 aliphatic carbocycles. The smallest absolute Gasteiger partial charge is 0.276 e. The van der Waals surface area contributed by atoms with Gasteiger partial charge in [0.1, 0.15) is 40.5 Å². The zero-order chi connectivity index (χ0) is 51.5. The molecule has 0 saturated heterocycles. The van der Waals surface area contributed by atoms with E-state index in [0.29, 0.717) is 77.3 Å². The number of likely N-dealkylation sites (N-methyl/N-ethyl adjacent to an activating group) is 2. The topological polar surface area (TPSA) is 331 Å². The minimum Gasteiger partial charge on any atom is -0.494 e. The lowest BCUT2D eigenvalue weighted by atomic mass is 10.1. The van der Waals surface area contributed by atoms with E-state index < -0.39 is 29.7 Å². The van der Waals surface area contributed by atoms with Gasteiger partial charge in [-0.1, -0.05) is 18.2 Å². The Bertz CT molecular complexity index is 3040. The zero-order valence-electron chi connectivity index (χ0n) is 40.9. The third-order valence-corrected chi connectivity index (χ3v) is 11.3. The molecule has 0 aliphatic rings. The van der Waals surface area contributed by atoms with Gasteiger partial charge in [0.2, 0.25) is 29.6 Å². The summed E-state index contributed by atoms with van der Waals surface area (Å²) in [5.74, 6) is -1.67. The average Bonchev–Trinajstić information content (AvgIpc) is 4.11. The Balaban J connectivity index is 1.33. The molecule has 1 unspecified atom stereocenters. The molecule has 0 saturated carbocycles. The summed E-state index contributed by atoms with van der Waals surface area (Å²) in [7, 11) is 4.85. The lowest BCUT2D eigenvalue weighted by molar-refractivity contribution is -0.131. The Morgan fingerprint density at radius 2 is 1.25 bits per heavy atom. The highest BCUT2D eigenvalue weighted by Gasteiger charge is 2.24. The SMILES string of the molecule is CCn1nc(C)cc1C(=O)Nc1nc2cc(C(N)=O)cc(OC)c2n1C/C=C/Cn1c(NC(=O)c2cc(C)nn2CC)nc2cc(C(N)=O)cc(OC/C=C/CN(C)C(=O)C(CCCN=C(N)N)NC)c21. The Hall–Kier alpha value is -8.54. The van der Waals surface area contributed by atoms with Crippen LogP contribution in [0.25, 0.3) is 22.1 Å². The number of fused-ring (bicyclic) bond motifs is 2. The van der Waals surface area contributed by atoms with Crippen molar-refractivity contribution in [3.63, 3.8) is 0 Å². The Labute approximate surface area is 409 Å². The highest BCUT2D eigenvalue weighted by Crippen LogP contribution is 2.33. The maximum absolute atomic E-state index is 13.9. The van der Waals surface area contributed by atoms with Gasteiger partial charge in [0.15, 0.2) is 5.96 Å². The van der Waals surface area contributed by atoms with Crippen molar-refractivity contribution in [2.75, 3.05) is 51.5 Å². The number of carbonyl (C=O) groups excluding carboxylic acids is 5. The molecule has 0 fully saturated rings. The number of primary amides is 2. The number of amides is 5. The molecule has 6 rings (SSSR count). The molecular weight excluding hydrogens is 915 g/mol. The number of aliphatic imine (C=N–C) groups is 1. The van der Waals surface area contributed by atoms with Crippen molar-refractivity contribution in [2.45, 2.75) is 72.8 Å². The van der Waals surface area contributed by atoms with E-state index in [0.717, 1.165) is 0 Å². The lowest BCUT2D eigenvalue weighted by Crippen LogP contribution is -2.43. The minimum atomic E-state index is -0.727. The fourth-order valence-electron chi connectivity index (χ4n) is 7.88. The summed E-state index contributed by atoms with van der Waals surface area (Å²) >= 11 is 0. The predicted molar refractivity (Wildman–Crippen MR) is 268 cm³/mol. The maximum Gasteiger partial charge on any atom is 0.276 e. The van der Waals surface area contributed by atoms with Crippen molar-refractivity contribution in [2.24, 2.45) is 27.9 Å².